The van der Waals surface area contributed by atoms with Crippen LogP contribution in [-0.2, 0) is 4.79 Å². The van der Waals surface area contributed by atoms with Crippen LogP contribution in [0.15, 0.2) is 0 Å². The van der Waals surface area contributed by atoms with Crippen LogP contribution in [0.5, 0.6) is 0 Å². The Bertz CT molecular complexity index is 286. The molecular formula is C12H26N4O. The van der Waals surface area contributed by atoms with Gasteiger partial charge in [-0.15, -0.1) is 0 Å². The molecule has 5 N–H and O–H groups in total. The van der Waals surface area contributed by atoms with Gasteiger partial charge in [-0.1, -0.05) is 20.8 Å². The van der Waals surface area contributed by atoms with Crippen LogP contribution in [0.2, 0.25) is 0 Å². The fourth-order valence-electron chi connectivity index (χ4n) is 1.47. The molecule has 0 unspecified atom stereocenters. The number of Topliss-reactive ketones (excluding diaryl/α,β-unsaturated/α-hetero) is 1. The average Bonchev–Trinajstić information content (AvgIpc) is 2.07. The average molecular weight is 242 g/mol. The van der Waals surface area contributed by atoms with E-state index in [1.807, 2.05) is 41.5 Å². The lowest BCUT2D eigenvalue weighted by atomic mass is 9.85. The first-order valence-electron chi connectivity index (χ1n) is 5.83. The van der Waals surface area contributed by atoms with Gasteiger partial charge in [0.25, 0.3) is 0 Å². The number of carbonyl (C=O) groups is 1. The van der Waals surface area contributed by atoms with Crippen LogP contribution in [0.4, 0.5) is 0 Å². The fraction of sp³-hybridized carbons (Fsp3) is 0.833. The molecule has 0 spiro atoms. The maximum atomic E-state index is 12.2. The van der Waals surface area contributed by atoms with E-state index in [-0.39, 0.29) is 23.3 Å². The summed E-state index contributed by atoms with van der Waals surface area (Å²) >= 11 is 0. The van der Waals surface area contributed by atoms with E-state index in [1.165, 1.54) is 0 Å². The zero-order valence-corrected chi connectivity index (χ0v) is 11.8. The van der Waals surface area contributed by atoms with Gasteiger partial charge in [0.05, 0.1) is 6.04 Å². The Morgan fingerprint density at radius 2 is 1.71 bits per heavy atom. The number of carbonyl (C=O) groups excluding carboxylic acids is 1. The van der Waals surface area contributed by atoms with E-state index in [0.717, 1.165) is 0 Å². The first-order valence-corrected chi connectivity index (χ1v) is 5.83. The van der Waals surface area contributed by atoms with E-state index < -0.39 is 5.41 Å². The molecule has 100 valence electrons. The quantitative estimate of drug-likeness (QED) is 0.434. The molecule has 17 heavy (non-hydrogen) atoms. The number of ketones is 1. The summed E-state index contributed by atoms with van der Waals surface area (Å²) in [5, 5.41) is 13.1. The van der Waals surface area contributed by atoms with Crippen LogP contribution in [-0.4, -0.2) is 29.9 Å². The standard InChI is InChI=1S/C12H26N4O/c1-11(2,3)9(17)8(7-15-10(13)14)16-12(4,5)6/h8,16H,7H2,1-6H3,(H4,13,14,15)/t8-/m1/s1. The number of nitrogens with two attached hydrogens (primary N) is 1. The first kappa shape index (κ1) is 15.9. The molecule has 0 aliphatic heterocycles. The van der Waals surface area contributed by atoms with Crippen molar-refractivity contribution < 1.29 is 4.79 Å². The fourth-order valence-corrected chi connectivity index (χ4v) is 1.47. The summed E-state index contributed by atoms with van der Waals surface area (Å²) in [7, 11) is 0. The molecule has 0 saturated heterocycles. The van der Waals surface area contributed by atoms with Gasteiger partial charge in [-0.05, 0) is 20.8 Å². The minimum atomic E-state index is -0.415. The summed E-state index contributed by atoms with van der Waals surface area (Å²) in [6.45, 7) is 12.0. The van der Waals surface area contributed by atoms with Crippen molar-refractivity contribution in [3.8, 4) is 0 Å². The first-order chi connectivity index (χ1) is 7.43. The normalized spacial score (nSPS) is 14.2. The summed E-state index contributed by atoms with van der Waals surface area (Å²) in [6, 6.07) is -0.348. The molecule has 5 heteroatoms. The van der Waals surface area contributed by atoms with Gasteiger partial charge in [-0.25, -0.2) is 0 Å². The van der Waals surface area contributed by atoms with Gasteiger partial charge in [0.1, 0.15) is 0 Å². The van der Waals surface area contributed by atoms with E-state index >= 15 is 0 Å². The van der Waals surface area contributed by atoms with Crippen molar-refractivity contribution in [2.75, 3.05) is 6.54 Å². The Hall–Kier alpha value is -1.10. The molecule has 0 aromatic heterocycles. The lowest BCUT2D eigenvalue weighted by molar-refractivity contribution is -0.128. The third kappa shape index (κ3) is 6.94. The molecule has 0 radical (unpaired) electrons. The second kappa shape index (κ2) is 5.49. The highest BCUT2D eigenvalue weighted by atomic mass is 16.1. The number of rotatable bonds is 4. The Kier molecular flexibility index (Phi) is 5.13. The molecule has 0 amide bonds. The molecule has 1 atom stereocenters. The monoisotopic (exact) mass is 242 g/mol. The molecule has 0 bridgehead atoms. The molecule has 0 aliphatic rings. The SMILES string of the molecule is CC(C)(C)N[C@H](CNC(=N)N)C(=O)C(C)(C)C. The van der Waals surface area contributed by atoms with E-state index in [0.29, 0.717) is 6.54 Å². The van der Waals surface area contributed by atoms with Crippen LogP contribution in [0.3, 0.4) is 0 Å². The lowest BCUT2D eigenvalue weighted by Crippen LogP contribution is -2.56. The molecule has 5 nitrogen and oxygen atoms in total. The minimum absolute atomic E-state index is 0.112. The summed E-state index contributed by atoms with van der Waals surface area (Å²) in [4.78, 5) is 12.2. The van der Waals surface area contributed by atoms with Gasteiger partial charge in [-0.3, -0.25) is 10.2 Å². The molecule has 0 fully saturated rings. The number of hydrogen-bond donors (Lipinski definition) is 4. The van der Waals surface area contributed by atoms with E-state index in [1.54, 1.807) is 0 Å². The molecule has 0 aromatic carbocycles. The largest absolute Gasteiger partial charge is 0.370 e. The predicted octanol–water partition coefficient (Wildman–Crippen LogP) is 0.841. The molecular weight excluding hydrogens is 216 g/mol. The zero-order valence-electron chi connectivity index (χ0n) is 11.8. The predicted molar refractivity (Wildman–Crippen MR) is 71.1 cm³/mol. The van der Waals surface area contributed by atoms with Crippen LogP contribution < -0.4 is 16.4 Å². The number of nitrogens with one attached hydrogen (secondary N) is 3. The molecule has 0 heterocycles. The Morgan fingerprint density at radius 1 is 1.24 bits per heavy atom. The number of hydrogen-bond acceptors (Lipinski definition) is 3. The highest BCUT2D eigenvalue weighted by Gasteiger charge is 2.31. The lowest BCUT2D eigenvalue weighted by Gasteiger charge is -2.31. The summed E-state index contributed by atoms with van der Waals surface area (Å²) in [6.07, 6.45) is 0. The van der Waals surface area contributed by atoms with E-state index in [4.69, 9.17) is 11.1 Å². The second-order valence-electron chi connectivity index (χ2n) is 6.36. The third-order valence-electron chi connectivity index (χ3n) is 2.16. The van der Waals surface area contributed by atoms with Crippen molar-refractivity contribution in [3.63, 3.8) is 0 Å². The summed E-state index contributed by atoms with van der Waals surface area (Å²) in [5.74, 6) is -0.00593. The number of guanidine groups is 1. The van der Waals surface area contributed by atoms with Crippen LogP contribution in [0.25, 0.3) is 0 Å². The van der Waals surface area contributed by atoms with Crippen LogP contribution in [0, 0.1) is 10.8 Å². The highest BCUT2D eigenvalue weighted by molar-refractivity contribution is 5.89. The van der Waals surface area contributed by atoms with Crippen molar-refractivity contribution in [2.45, 2.75) is 53.1 Å². The van der Waals surface area contributed by atoms with Crippen molar-refractivity contribution in [2.24, 2.45) is 11.1 Å². The minimum Gasteiger partial charge on any atom is -0.370 e. The van der Waals surface area contributed by atoms with Crippen molar-refractivity contribution in [3.05, 3.63) is 0 Å². The van der Waals surface area contributed by atoms with Gasteiger partial charge in [-0.2, -0.15) is 0 Å². The Morgan fingerprint density at radius 3 is 2.00 bits per heavy atom. The highest BCUT2D eigenvalue weighted by Crippen LogP contribution is 2.18. The van der Waals surface area contributed by atoms with Crippen molar-refractivity contribution >= 4 is 11.7 Å². The van der Waals surface area contributed by atoms with Gasteiger partial charge in [0.2, 0.25) is 0 Å². The zero-order chi connectivity index (χ0) is 13.9. The van der Waals surface area contributed by atoms with Crippen molar-refractivity contribution in [1.29, 1.82) is 5.41 Å². The maximum absolute atomic E-state index is 12.2. The summed E-state index contributed by atoms with van der Waals surface area (Å²) in [5.41, 5.74) is 4.67. The van der Waals surface area contributed by atoms with E-state index in [2.05, 4.69) is 10.6 Å². The Labute approximate surface area is 104 Å². The van der Waals surface area contributed by atoms with Gasteiger partial charge in [0, 0.05) is 17.5 Å². The van der Waals surface area contributed by atoms with Crippen molar-refractivity contribution in [1.82, 2.24) is 10.6 Å². The second-order valence-corrected chi connectivity index (χ2v) is 6.36. The molecule has 0 aromatic rings. The van der Waals surface area contributed by atoms with Gasteiger partial charge in [0.15, 0.2) is 11.7 Å². The van der Waals surface area contributed by atoms with E-state index in [9.17, 15) is 4.79 Å². The van der Waals surface area contributed by atoms with Crippen LogP contribution >= 0.6 is 0 Å². The molecule has 0 saturated carbocycles. The third-order valence-corrected chi connectivity index (χ3v) is 2.16. The smallest absolute Gasteiger partial charge is 0.185 e. The topological polar surface area (TPSA) is 91.0 Å². The van der Waals surface area contributed by atoms with Crippen LogP contribution in [0.1, 0.15) is 41.5 Å². The summed E-state index contributed by atoms with van der Waals surface area (Å²) < 4.78 is 0. The maximum Gasteiger partial charge on any atom is 0.185 e. The Balaban J connectivity index is 4.73. The van der Waals surface area contributed by atoms with Gasteiger partial charge >= 0.3 is 0 Å². The molecule has 0 aliphatic carbocycles. The van der Waals surface area contributed by atoms with Gasteiger partial charge < -0.3 is 16.4 Å². The molecule has 0 rings (SSSR count).